The van der Waals surface area contributed by atoms with Crippen molar-refractivity contribution in [2.75, 3.05) is 20.8 Å². The molecule has 1 aromatic carbocycles. The molecule has 1 saturated carbocycles. The normalized spacial score (nSPS) is 17.1. The number of hydrogen-bond donors (Lipinski definition) is 1. The minimum atomic E-state index is -3.48. The lowest BCUT2D eigenvalue weighted by molar-refractivity contribution is 0.149. The Morgan fingerprint density at radius 1 is 1.43 bits per heavy atom. The van der Waals surface area contributed by atoms with Gasteiger partial charge in [-0.25, -0.2) is 8.42 Å². The first kappa shape index (κ1) is 16.4. The van der Waals surface area contributed by atoms with Gasteiger partial charge in [0.2, 0.25) is 10.0 Å². The molecule has 2 rings (SSSR count). The van der Waals surface area contributed by atoms with Gasteiger partial charge in [-0.2, -0.15) is 4.31 Å². The lowest BCUT2D eigenvalue weighted by Crippen LogP contribution is -2.37. The first-order chi connectivity index (χ1) is 9.95. The first-order valence-electron chi connectivity index (χ1n) is 7.24. The van der Waals surface area contributed by atoms with Crippen LogP contribution in [0.2, 0.25) is 0 Å². The molecule has 0 amide bonds. The molecule has 0 radical (unpaired) electrons. The standard InChI is InChI=1S/C15H24N2O3S/c1-12(11-20-3)17(2)21(18,19)15-6-4-5-13(9-15)10-16-14-7-8-14/h4-6,9,12,14,16H,7-8,10-11H2,1-3H3. The monoisotopic (exact) mass is 312 g/mol. The van der Waals surface area contributed by atoms with Crippen LogP contribution in [0.15, 0.2) is 29.2 Å². The van der Waals surface area contributed by atoms with Gasteiger partial charge in [0, 0.05) is 32.8 Å². The SMILES string of the molecule is COCC(C)N(C)S(=O)(=O)c1cccc(CNC2CC2)c1. The highest BCUT2D eigenvalue weighted by molar-refractivity contribution is 7.89. The van der Waals surface area contributed by atoms with Gasteiger partial charge in [0.25, 0.3) is 0 Å². The van der Waals surface area contributed by atoms with Crippen molar-refractivity contribution in [3.8, 4) is 0 Å². The molecule has 21 heavy (non-hydrogen) atoms. The summed E-state index contributed by atoms with van der Waals surface area (Å²) in [4.78, 5) is 0.336. The molecule has 1 unspecified atom stereocenters. The molecular formula is C15H24N2O3S. The summed E-state index contributed by atoms with van der Waals surface area (Å²) in [6.07, 6.45) is 2.44. The van der Waals surface area contributed by atoms with Crippen LogP contribution < -0.4 is 5.32 Å². The molecule has 0 spiro atoms. The summed E-state index contributed by atoms with van der Waals surface area (Å²) in [5.74, 6) is 0. The number of nitrogens with one attached hydrogen (secondary N) is 1. The van der Waals surface area contributed by atoms with E-state index >= 15 is 0 Å². The Kier molecular flexibility index (Phi) is 5.37. The maximum absolute atomic E-state index is 12.6. The topological polar surface area (TPSA) is 58.6 Å². The Hall–Kier alpha value is -0.950. The van der Waals surface area contributed by atoms with Crippen LogP contribution >= 0.6 is 0 Å². The zero-order valence-electron chi connectivity index (χ0n) is 12.9. The summed E-state index contributed by atoms with van der Waals surface area (Å²) in [7, 11) is -0.318. The average molecular weight is 312 g/mol. The van der Waals surface area contributed by atoms with Gasteiger partial charge in [0.05, 0.1) is 11.5 Å². The van der Waals surface area contributed by atoms with Gasteiger partial charge in [0.1, 0.15) is 0 Å². The van der Waals surface area contributed by atoms with Crippen LogP contribution in [0.1, 0.15) is 25.3 Å². The van der Waals surface area contributed by atoms with E-state index in [4.69, 9.17) is 4.74 Å². The largest absolute Gasteiger partial charge is 0.383 e. The minimum absolute atomic E-state index is 0.201. The average Bonchev–Trinajstić information content (AvgIpc) is 3.29. The molecule has 1 aliphatic rings. The highest BCUT2D eigenvalue weighted by atomic mass is 32.2. The maximum atomic E-state index is 12.6. The van der Waals surface area contributed by atoms with Crippen LogP contribution in [0.25, 0.3) is 0 Å². The summed E-state index contributed by atoms with van der Waals surface area (Å²) in [6.45, 7) is 2.92. The number of likely N-dealkylation sites (N-methyl/N-ethyl adjacent to an activating group) is 1. The van der Waals surface area contributed by atoms with Gasteiger partial charge >= 0.3 is 0 Å². The number of nitrogens with zero attached hydrogens (tertiary/aromatic N) is 1. The molecule has 1 N–H and O–H groups in total. The second kappa shape index (κ2) is 6.87. The molecular weight excluding hydrogens is 288 g/mol. The van der Waals surface area contributed by atoms with E-state index in [1.165, 1.54) is 17.1 Å². The van der Waals surface area contributed by atoms with E-state index < -0.39 is 10.0 Å². The molecule has 1 atom stereocenters. The van der Waals surface area contributed by atoms with Gasteiger partial charge < -0.3 is 10.1 Å². The Balaban J connectivity index is 2.12. The van der Waals surface area contributed by atoms with Crippen LogP contribution in [-0.4, -0.2) is 45.6 Å². The van der Waals surface area contributed by atoms with Gasteiger partial charge in [-0.3, -0.25) is 0 Å². The summed E-state index contributed by atoms with van der Waals surface area (Å²) in [5.41, 5.74) is 0.996. The minimum Gasteiger partial charge on any atom is -0.383 e. The number of benzene rings is 1. The van der Waals surface area contributed by atoms with E-state index in [0.717, 1.165) is 5.56 Å². The zero-order chi connectivity index (χ0) is 15.5. The van der Waals surface area contributed by atoms with Crippen molar-refractivity contribution >= 4 is 10.0 Å². The smallest absolute Gasteiger partial charge is 0.243 e. The fraction of sp³-hybridized carbons (Fsp3) is 0.600. The predicted octanol–water partition coefficient (Wildman–Crippen LogP) is 1.59. The highest BCUT2D eigenvalue weighted by Gasteiger charge is 2.25. The molecule has 1 fully saturated rings. The molecule has 0 aliphatic heterocycles. The highest BCUT2D eigenvalue weighted by Crippen LogP contribution is 2.21. The van der Waals surface area contributed by atoms with Crippen LogP contribution in [0, 0.1) is 0 Å². The molecule has 0 saturated heterocycles. The van der Waals surface area contributed by atoms with Crippen molar-refractivity contribution in [2.45, 2.75) is 43.3 Å². The Morgan fingerprint density at radius 3 is 2.76 bits per heavy atom. The van der Waals surface area contributed by atoms with Crippen molar-refractivity contribution in [3.63, 3.8) is 0 Å². The van der Waals surface area contributed by atoms with E-state index in [2.05, 4.69) is 5.32 Å². The van der Waals surface area contributed by atoms with E-state index in [0.29, 0.717) is 24.1 Å². The summed E-state index contributed by atoms with van der Waals surface area (Å²) in [5, 5.41) is 3.40. The quantitative estimate of drug-likeness (QED) is 0.792. The third kappa shape index (κ3) is 4.26. The second-order valence-corrected chi connectivity index (χ2v) is 7.63. The van der Waals surface area contributed by atoms with Crippen LogP contribution in [0.5, 0.6) is 0 Å². The molecule has 1 aliphatic carbocycles. The lowest BCUT2D eigenvalue weighted by Gasteiger charge is -2.23. The van der Waals surface area contributed by atoms with Crippen molar-refractivity contribution in [1.82, 2.24) is 9.62 Å². The maximum Gasteiger partial charge on any atom is 0.243 e. The zero-order valence-corrected chi connectivity index (χ0v) is 13.7. The van der Waals surface area contributed by atoms with Crippen LogP contribution in [0.4, 0.5) is 0 Å². The van der Waals surface area contributed by atoms with Gasteiger partial charge in [-0.1, -0.05) is 12.1 Å². The van der Waals surface area contributed by atoms with Crippen molar-refractivity contribution < 1.29 is 13.2 Å². The molecule has 118 valence electrons. The van der Waals surface area contributed by atoms with E-state index in [9.17, 15) is 8.42 Å². The van der Waals surface area contributed by atoms with Gasteiger partial charge in [0.15, 0.2) is 0 Å². The third-order valence-electron chi connectivity index (χ3n) is 3.78. The van der Waals surface area contributed by atoms with E-state index in [-0.39, 0.29) is 6.04 Å². The summed E-state index contributed by atoms with van der Waals surface area (Å²) < 4.78 is 31.6. The Morgan fingerprint density at radius 2 is 2.14 bits per heavy atom. The molecule has 0 bridgehead atoms. The number of rotatable bonds is 8. The Bertz CT molecular complexity index is 570. The summed E-state index contributed by atoms with van der Waals surface area (Å²) in [6, 6.07) is 7.55. The Labute approximate surface area is 127 Å². The number of sulfonamides is 1. The van der Waals surface area contributed by atoms with Crippen molar-refractivity contribution in [2.24, 2.45) is 0 Å². The van der Waals surface area contributed by atoms with Crippen molar-refractivity contribution in [1.29, 1.82) is 0 Å². The molecule has 0 heterocycles. The second-order valence-electron chi connectivity index (χ2n) is 5.63. The third-order valence-corrected chi connectivity index (χ3v) is 5.74. The number of methoxy groups -OCH3 is 1. The lowest BCUT2D eigenvalue weighted by atomic mass is 10.2. The molecule has 6 heteroatoms. The molecule has 1 aromatic rings. The first-order valence-corrected chi connectivity index (χ1v) is 8.68. The van der Waals surface area contributed by atoms with Gasteiger partial charge in [-0.05, 0) is 37.5 Å². The van der Waals surface area contributed by atoms with E-state index in [1.807, 2.05) is 13.0 Å². The summed E-state index contributed by atoms with van der Waals surface area (Å²) >= 11 is 0. The predicted molar refractivity (Wildman–Crippen MR) is 82.6 cm³/mol. The van der Waals surface area contributed by atoms with E-state index in [1.54, 1.807) is 32.4 Å². The fourth-order valence-electron chi connectivity index (χ4n) is 2.11. The van der Waals surface area contributed by atoms with Gasteiger partial charge in [-0.15, -0.1) is 0 Å². The van der Waals surface area contributed by atoms with Crippen LogP contribution in [-0.2, 0) is 21.3 Å². The fourth-order valence-corrected chi connectivity index (χ4v) is 3.53. The number of hydrogen-bond acceptors (Lipinski definition) is 4. The molecule has 0 aromatic heterocycles. The number of ether oxygens (including phenoxy) is 1. The van der Waals surface area contributed by atoms with Crippen LogP contribution in [0.3, 0.4) is 0 Å². The van der Waals surface area contributed by atoms with Crippen molar-refractivity contribution in [3.05, 3.63) is 29.8 Å². The molecule has 5 nitrogen and oxygen atoms in total.